The number of nitrogen functional groups attached to an aromatic ring is 1. The number of hydrogen-bond acceptors (Lipinski definition) is 2. The predicted octanol–water partition coefficient (Wildman–Crippen LogP) is 2.81. The average molecular weight is 186 g/mol. The minimum atomic E-state index is 0.423. The van der Waals surface area contributed by atoms with Crippen molar-refractivity contribution in [2.24, 2.45) is 0 Å². The highest BCUT2D eigenvalue weighted by Gasteiger charge is 1.99. The first-order valence-corrected chi connectivity index (χ1v) is 4.55. The number of nitrogens with two attached hydrogens (primary N) is 1. The van der Waals surface area contributed by atoms with E-state index in [1.54, 1.807) is 0 Å². The summed E-state index contributed by atoms with van der Waals surface area (Å²) >= 11 is 0. The van der Waals surface area contributed by atoms with Gasteiger partial charge in [-0.1, -0.05) is 23.8 Å². The average Bonchev–Trinajstić information content (AvgIpc) is 2.13. The molecule has 0 fully saturated rings. The summed E-state index contributed by atoms with van der Waals surface area (Å²) in [5, 5.41) is 8.39. The fourth-order valence-electron chi connectivity index (χ4n) is 1.39. The predicted molar refractivity (Wildman–Crippen MR) is 59.6 cm³/mol. The van der Waals surface area contributed by atoms with Gasteiger partial charge in [-0.2, -0.15) is 5.26 Å². The van der Waals surface area contributed by atoms with E-state index in [4.69, 9.17) is 11.0 Å². The van der Waals surface area contributed by atoms with Gasteiger partial charge >= 0.3 is 0 Å². The highest BCUT2D eigenvalue weighted by molar-refractivity contribution is 5.68. The summed E-state index contributed by atoms with van der Waals surface area (Å²) in [6.07, 6.45) is 4.15. The van der Waals surface area contributed by atoms with Crippen molar-refractivity contribution < 1.29 is 0 Å². The van der Waals surface area contributed by atoms with Gasteiger partial charge in [-0.25, -0.2) is 0 Å². The lowest BCUT2D eigenvalue weighted by molar-refractivity contribution is 1.35. The summed E-state index contributed by atoms with van der Waals surface area (Å²) in [6, 6.07) is 6.14. The molecule has 0 bridgehead atoms. The number of aryl methyl sites for hydroxylation is 2. The Morgan fingerprint density at radius 2 is 2.14 bits per heavy atom. The summed E-state index contributed by atoms with van der Waals surface area (Å²) in [4.78, 5) is 0. The third-order valence-corrected chi connectivity index (χ3v) is 2.07. The Kier molecular flexibility index (Phi) is 3.30. The summed E-state index contributed by atoms with van der Waals surface area (Å²) in [5.41, 5.74) is 9.97. The molecular formula is C12H14N2. The molecule has 0 radical (unpaired) electrons. The molecular weight excluding hydrogens is 172 g/mol. The number of anilines is 1. The van der Waals surface area contributed by atoms with Crippen LogP contribution in [0.3, 0.4) is 0 Å². The Hall–Kier alpha value is -1.75. The molecule has 0 aliphatic heterocycles. The molecule has 2 N–H and O–H groups in total. The van der Waals surface area contributed by atoms with E-state index in [-0.39, 0.29) is 0 Å². The van der Waals surface area contributed by atoms with Gasteiger partial charge in [0.15, 0.2) is 0 Å². The fourth-order valence-corrected chi connectivity index (χ4v) is 1.39. The molecule has 2 heteroatoms. The molecule has 0 amide bonds. The van der Waals surface area contributed by atoms with E-state index in [0.29, 0.717) is 6.42 Å². The van der Waals surface area contributed by atoms with E-state index < -0.39 is 0 Å². The fraction of sp³-hybridized carbons (Fsp3) is 0.250. The van der Waals surface area contributed by atoms with Crippen LogP contribution in [0.1, 0.15) is 23.1 Å². The van der Waals surface area contributed by atoms with Crippen molar-refractivity contribution in [1.29, 1.82) is 5.26 Å². The Labute approximate surface area is 84.7 Å². The summed E-state index contributed by atoms with van der Waals surface area (Å²) in [6.45, 7) is 4.03. The second-order valence-electron chi connectivity index (χ2n) is 3.35. The molecule has 0 aromatic heterocycles. The van der Waals surface area contributed by atoms with Crippen LogP contribution in [0.15, 0.2) is 18.2 Å². The number of rotatable bonds is 2. The third kappa shape index (κ3) is 2.37. The maximum Gasteiger partial charge on any atom is 0.0663 e. The number of nitrogens with zero attached hydrogens (tertiary/aromatic N) is 1. The monoisotopic (exact) mass is 186 g/mol. The van der Waals surface area contributed by atoms with Crippen molar-refractivity contribution in [2.45, 2.75) is 20.3 Å². The molecule has 72 valence electrons. The van der Waals surface area contributed by atoms with Gasteiger partial charge in [-0.05, 0) is 31.0 Å². The molecule has 0 heterocycles. The van der Waals surface area contributed by atoms with Crippen LogP contribution in [0.4, 0.5) is 5.69 Å². The van der Waals surface area contributed by atoms with Gasteiger partial charge in [0.05, 0.1) is 12.5 Å². The van der Waals surface area contributed by atoms with Gasteiger partial charge in [0.1, 0.15) is 0 Å². The second kappa shape index (κ2) is 4.48. The van der Waals surface area contributed by atoms with E-state index in [0.717, 1.165) is 16.8 Å². The Morgan fingerprint density at radius 3 is 2.79 bits per heavy atom. The van der Waals surface area contributed by atoms with E-state index in [9.17, 15) is 0 Å². The Bertz CT molecular complexity index is 398. The first kappa shape index (κ1) is 10.3. The Balaban J connectivity index is 3.03. The van der Waals surface area contributed by atoms with Crippen molar-refractivity contribution >= 4 is 11.8 Å². The number of hydrogen-bond donors (Lipinski definition) is 1. The molecule has 0 unspecified atom stereocenters. The number of nitriles is 1. The van der Waals surface area contributed by atoms with Gasteiger partial charge in [0, 0.05) is 5.69 Å². The van der Waals surface area contributed by atoms with Crippen molar-refractivity contribution in [3.05, 3.63) is 34.9 Å². The molecule has 0 saturated carbocycles. The number of benzene rings is 1. The van der Waals surface area contributed by atoms with E-state index in [2.05, 4.69) is 12.1 Å². The van der Waals surface area contributed by atoms with Crippen LogP contribution in [0.5, 0.6) is 0 Å². The molecule has 1 aromatic carbocycles. The standard InChI is InChI=1S/C12H14N2/c1-9-7-10(2)12(14)11(8-9)5-3-4-6-13/h3,5,7-8H,4,14H2,1-2H3. The molecule has 0 spiro atoms. The molecule has 1 rings (SSSR count). The SMILES string of the molecule is Cc1cc(C)c(N)c(C=CCC#N)c1. The van der Waals surface area contributed by atoms with E-state index in [1.807, 2.05) is 32.1 Å². The maximum absolute atomic E-state index is 8.39. The maximum atomic E-state index is 8.39. The van der Waals surface area contributed by atoms with Crippen LogP contribution >= 0.6 is 0 Å². The highest BCUT2D eigenvalue weighted by Crippen LogP contribution is 2.20. The largest absolute Gasteiger partial charge is 0.398 e. The minimum absolute atomic E-state index is 0.423. The summed E-state index contributed by atoms with van der Waals surface area (Å²) in [7, 11) is 0. The molecule has 2 nitrogen and oxygen atoms in total. The minimum Gasteiger partial charge on any atom is -0.398 e. The Morgan fingerprint density at radius 1 is 1.43 bits per heavy atom. The van der Waals surface area contributed by atoms with Crippen LogP contribution in [0.2, 0.25) is 0 Å². The van der Waals surface area contributed by atoms with Crippen molar-refractivity contribution in [1.82, 2.24) is 0 Å². The molecule has 0 aliphatic carbocycles. The highest BCUT2D eigenvalue weighted by atomic mass is 14.6. The lowest BCUT2D eigenvalue weighted by atomic mass is 10.0. The lowest BCUT2D eigenvalue weighted by Gasteiger charge is -2.06. The molecule has 14 heavy (non-hydrogen) atoms. The van der Waals surface area contributed by atoms with Crippen molar-refractivity contribution in [2.75, 3.05) is 5.73 Å². The smallest absolute Gasteiger partial charge is 0.0663 e. The molecule has 0 saturated heterocycles. The molecule has 1 aromatic rings. The zero-order valence-corrected chi connectivity index (χ0v) is 8.54. The molecule has 0 aliphatic rings. The van der Waals surface area contributed by atoms with Gasteiger partial charge in [0.25, 0.3) is 0 Å². The van der Waals surface area contributed by atoms with Crippen LogP contribution in [-0.4, -0.2) is 0 Å². The van der Waals surface area contributed by atoms with Crippen molar-refractivity contribution in [3.8, 4) is 6.07 Å². The third-order valence-electron chi connectivity index (χ3n) is 2.07. The van der Waals surface area contributed by atoms with Gasteiger partial charge in [-0.3, -0.25) is 0 Å². The second-order valence-corrected chi connectivity index (χ2v) is 3.35. The van der Waals surface area contributed by atoms with Crippen molar-refractivity contribution in [3.63, 3.8) is 0 Å². The lowest BCUT2D eigenvalue weighted by Crippen LogP contribution is -1.94. The number of allylic oxidation sites excluding steroid dienone is 1. The quantitative estimate of drug-likeness (QED) is 0.722. The first-order valence-electron chi connectivity index (χ1n) is 4.55. The zero-order chi connectivity index (χ0) is 10.6. The normalized spacial score (nSPS) is 10.4. The summed E-state index contributed by atoms with van der Waals surface area (Å²) < 4.78 is 0. The van der Waals surface area contributed by atoms with Crippen LogP contribution in [0.25, 0.3) is 6.08 Å². The van der Waals surface area contributed by atoms with Gasteiger partial charge in [0.2, 0.25) is 0 Å². The van der Waals surface area contributed by atoms with Gasteiger partial charge in [-0.15, -0.1) is 0 Å². The van der Waals surface area contributed by atoms with Crippen LogP contribution in [-0.2, 0) is 0 Å². The van der Waals surface area contributed by atoms with Crippen LogP contribution < -0.4 is 5.73 Å². The van der Waals surface area contributed by atoms with E-state index >= 15 is 0 Å². The topological polar surface area (TPSA) is 49.8 Å². The van der Waals surface area contributed by atoms with E-state index in [1.165, 1.54) is 5.56 Å². The first-order chi connectivity index (χ1) is 6.65. The van der Waals surface area contributed by atoms with Gasteiger partial charge < -0.3 is 5.73 Å². The zero-order valence-electron chi connectivity index (χ0n) is 8.54. The molecule has 0 atom stereocenters. The van der Waals surface area contributed by atoms with Crippen LogP contribution in [0, 0.1) is 25.2 Å². The summed E-state index contributed by atoms with van der Waals surface area (Å²) in [5.74, 6) is 0.